The third-order valence-corrected chi connectivity index (χ3v) is 4.51. The van der Waals surface area contributed by atoms with E-state index in [1.807, 2.05) is 0 Å². The lowest BCUT2D eigenvalue weighted by atomic mass is 9.88. The highest BCUT2D eigenvalue weighted by atomic mass is 79.9. The van der Waals surface area contributed by atoms with Gasteiger partial charge in [-0.1, -0.05) is 0 Å². The fraction of sp³-hybridized carbons (Fsp3) is 0.571. The van der Waals surface area contributed by atoms with Gasteiger partial charge >= 0.3 is 0 Å². The van der Waals surface area contributed by atoms with E-state index in [0.29, 0.717) is 19.1 Å². The van der Waals surface area contributed by atoms with Gasteiger partial charge in [0.15, 0.2) is 11.5 Å². The van der Waals surface area contributed by atoms with E-state index in [0.717, 1.165) is 29.1 Å². The lowest BCUT2D eigenvalue weighted by Gasteiger charge is -2.28. The molecule has 1 aromatic rings. The summed E-state index contributed by atoms with van der Waals surface area (Å²) in [6.45, 7) is 5.63. The first-order valence-corrected chi connectivity index (χ1v) is 7.36. The minimum absolute atomic E-state index is 0.573. The molecule has 0 radical (unpaired) electrons. The van der Waals surface area contributed by atoms with Crippen molar-refractivity contribution in [3.05, 3.63) is 21.7 Å². The maximum absolute atomic E-state index is 5.75. The highest BCUT2D eigenvalue weighted by Gasteiger charge is 2.25. The SMILES string of the molecule is Cc1cc2c(c(Br)c1C1CCCNC1)OCCO2. The molecule has 1 unspecified atom stereocenters. The quantitative estimate of drug-likeness (QED) is 0.865. The summed E-state index contributed by atoms with van der Waals surface area (Å²) in [7, 11) is 0. The fourth-order valence-electron chi connectivity index (χ4n) is 2.88. The first kappa shape index (κ1) is 12.3. The van der Waals surface area contributed by atoms with Gasteiger partial charge in [0, 0.05) is 6.54 Å². The average Bonchev–Trinajstić information content (AvgIpc) is 2.40. The molecule has 1 aromatic carbocycles. The number of hydrogen-bond donors (Lipinski definition) is 1. The van der Waals surface area contributed by atoms with Crippen LogP contribution in [0.3, 0.4) is 0 Å². The predicted molar refractivity (Wildman–Crippen MR) is 74.7 cm³/mol. The Bertz CT molecular complexity index is 456. The number of benzene rings is 1. The van der Waals surface area contributed by atoms with Crippen LogP contribution in [0.4, 0.5) is 0 Å². The lowest BCUT2D eigenvalue weighted by Crippen LogP contribution is -2.29. The van der Waals surface area contributed by atoms with E-state index in [-0.39, 0.29) is 0 Å². The minimum atomic E-state index is 0.573. The molecule has 98 valence electrons. The second-order valence-electron chi connectivity index (χ2n) is 4.99. The van der Waals surface area contributed by atoms with Crippen LogP contribution in [0.2, 0.25) is 0 Å². The van der Waals surface area contributed by atoms with Gasteiger partial charge in [0.1, 0.15) is 13.2 Å². The number of halogens is 1. The van der Waals surface area contributed by atoms with E-state index in [9.17, 15) is 0 Å². The average molecular weight is 312 g/mol. The van der Waals surface area contributed by atoms with Crippen LogP contribution in [0.25, 0.3) is 0 Å². The lowest BCUT2D eigenvalue weighted by molar-refractivity contribution is 0.170. The molecule has 0 bridgehead atoms. The molecular weight excluding hydrogens is 294 g/mol. The number of rotatable bonds is 1. The highest BCUT2D eigenvalue weighted by molar-refractivity contribution is 9.10. The maximum Gasteiger partial charge on any atom is 0.175 e. The van der Waals surface area contributed by atoms with Gasteiger partial charge in [-0.25, -0.2) is 0 Å². The van der Waals surface area contributed by atoms with E-state index in [2.05, 4.69) is 34.2 Å². The molecule has 2 aliphatic heterocycles. The molecule has 3 rings (SSSR count). The number of nitrogens with one attached hydrogen (secondary N) is 1. The Balaban J connectivity index is 2.02. The third-order valence-electron chi connectivity index (χ3n) is 3.72. The van der Waals surface area contributed by atoms with Crippen LogP contribution in [0.1, 0.15) is 29.9 Å². The van der Waals surface area contributed by atoms with Gasteiger partial charge in [-0.3, -0.25) is 0 Å². The number of fused-ring (bicyclic) bond motifs is 1. The molecule has 0 aliphatic carbocycles. The molecule has 0 saturated carbocycles. The van der Waals surface area contributed by atoms with E-state index in [1.165, 1.54) is 24.0 Å². The molecule has 1 N–H and O–H groups in total. The van der Waals surface area contributed by atoms with Crippen LogP contribution in [0.15, 0.2) is 10.5 Å². The summed E-state index contributed by atoms with van der Waals surface area (Å²) >= 11 is 3.72. The Kier molecular flexibility index (Phi) is 3.48. The van der Waals surface area contributed by atoms with E-state index >= 15 is 0 Å². The Morgan fingerprint density at radius 1 is 1.33 bits per heavy atom. The molecule has 2 heterocycles. The Labute approximate surface area is 116 Å². The molecule has 18 heavy (non-hydrogen) atoms. The molecule has 0 aromatic heterocycles. The van der Waals surface area contributed by atoms with E-state index in [4.69, 9.17) is 9.47 Å². The van der Waals surface area contributed by atoms with Crippen molar-refractivity contribution in [3.8, 4) is 11.5 Å². The van der Waals surface area contributed by atoms with Crippen LogP contribution in [0.5, 0.6) is 11.5 Å². The monoisotopic (exact) mass is 311 g/mol. The molecule has 4 heteroatoms. The number of hydrogen-bond acceptors (Lipinski definition) is 3. The summed E-state index contributed by atoms with van der Waals surface area (Å²) < 4.78 is 12.5. The zero-order valence-corrected chi connectivity index (χ0v) is 12.2. The van der Waals surface area contributed by atoms with Gasteiger partial charge in [-0.15, -0.1) is 0 Å². The summed E-state index contributed by atoms with van der Waals surface area (Å²) in [5, 5.41) is 3.47. The standard InChI is InChI=1S/C14H18BrNO2/c1-9-7-11-14(18-6-5-17-11)13(15)12(9)10-3-2-4-16-8-10/h7,10,16H,2-6,8H2,1H3. The van der Waals surface area contributed by atoms with Gasteiger partial charge < -0.3 is 14.8 Å². The van der Waals surface area contributed by atoms with Crippen molar-refractivity contribution < 1.29 is 9.47 Å². The second kappa shape index (κ2) is 5.10. The van der Waals surface area contributed by atoms with Crippen LogP contribution < -0.4 is 14.8 Å². The molecule has 1 atom stereocenters. The Hall–Kier alpha value is -0.740. The van der Waals surface area contributed by atoms with Crippen molar-refractivity contribution in [1.82, 2.24) is 5.32 Å². The van der Waals surface area contributed by atoms with Crippen LogP contribution in [-0.2, 0) is 0 Å². The van der Waals surface area contributed by atoms with Gasteiger partial charge in [-0.2, -0.15) is 0 Å². The zero-order valence-electron chi connectivity index (χ0n) is 10.6. The second-order valence-corrected chi connectivity index (χ2v) is 5.78. The van der Waals surface area contributed by atoms with Crippen LogP contribution in [0, 0.1) is 6.92 Å². The minimum Gasteiger partial charge on any atom is -0.486 e. The summed E-state index contributed by atoms with van der Waals surface area (Å²) in [4.78, 5) is 0. The molecule has 1 saturated heterocycles. The smallest absolute Gasteiger partial charge is 0.175 e. The number of aryl methyl sites for hydroxylation is 1. The number of ether oxygens (including phenoxy) is 2. The van der Waals surface area contributed by atoms with E-state index < -0.39 is 0 Å². The van der Waals surface area contributed by atoms with Crippen molar-refractivity contribution >= 4 is 15.9 Å². The third kappa shape index (κ3) is 2.12. The van der Waals surface area contributed by atoms with Crippen LogP contribution >= 0.6 is 15.9 Å². The molecule has 3 nitrogen and oxygen atoms in total. The maximum atomic E-state index is 5.75. The predicted octanol–water partition coefficient (Wildman–Crippen LogP) is 3.00. The summed E-state index contributed by atoms with van der Waals surface area (Å²) in [5.41, 5.74) is 2.67. The topological polar surface area (TPSA) is 30.5 Å². The molecular formula is C14H18BrNO2. The first-order valence-electron chi connectivity index (χ1n) is 6.56. The fourth-order valence-corrected chi connectivity index (χ4v) is 3.83. The molecule has 0 spiro atoms. The molecule has 1 fully saturated rings. The van der Waals surface area contributed by atoms with Crippen LogP contribution in [-0.4, -0.2) is 26.3 Å². The van der Waals surface area contributed by atoms with Crippen molar-refractivity contribution in [2.45, 2.75) is 25.7 Å². The zero-order chi connectivity index (χ0) is 12.5. The van der Waals surface area contributed by atoms with Gasteiger partial charge in [0.2, 0.25) is 0 Å². The highest BCUT2D eigenvalue weighted by Crippen LogP contribution is 2.45. The Morgan fingerprint density at radius 3 is 2.94 bits per heavy atom. The van der Waals surface area contributed by atoms with E-state index in [1.54, 1.807) is 0 Å². The Morgan fingerprint density at radius 2 is 2.17 bits per heavy atom. The number of piperidine rings is 1. The van der Waals surface area contributed by atoms with Gasteiger partial charge in [-0.05, 0) is 65.4 Å². The largest absolute Gasteiger partial charge is 0.486 e. The molecule has 0 amide bonds. The van der Waals surface area contributed by atoms with Crippen molar-refractivity contribution in [3.63, 3.8) is 0 Å². The van der Waals surface area contributed by atoms with Crippen molar-refractivity contribution in [2.24, 2.45) is 0 Å². The van der Waals surface area contributed by atoms with Crippen molar-refractivity contribution in [2.75, 3.05) is 26.3 Å². The van der Waals surface area contributed by atoms with Crippen molar-refractivity contribution in [1.29, 1.82) is 0 Å². The molecule has 2 aliphatic rings. The summed E-state index contributed by atoms with van der Waals surface area (Å²) in [6.07, 6.45) is 2.48. The summed E-state index contributed by atoms with van der Waals surface area (Å²) in [5.74, 6) is 2.33. The first-order chi connectivity index (χ1) is 8.77. The normalized spacial score (nSPS) is 22.9. The van der Waals surface area contributed by atoms with Gasteiger partial charge in [0.25, 0.3) is 0 Å². The van der Waals surface area contributed by atoms with Gasteiger partial charge in [0.05, 0.1) is 4.47 Å². The summed E-state index contributed by atoms with van der Waals surface area (Å²) in [6, 6.07) is 2.11.